The Morgan fingerprint density at radius 3 is 2.51 bits per heavy atom. The number of aromatic nitrogens is 3. The fourth-order valence-corrected chi connectivity index (χ4v) is 4.50. The maximum atomic E-state index is 13.4. The highest BCUT2D eigenvalue weighted by Gasteiger charge is 2.24. The second-order valence-corrected chi connectivity index (χ2v) is 8.61. The quantitative estimate of drug-likeness (QED) is 0.385. The molecule has 37 heavy (non-hydrogen) atoms. The minimum absolute atomic E-state index is 0.269. The lowest BCUT2D eigenvalue weighted by Crippen LogP contribution is -2.26. The summed E-state index contributed by atoms with van der Waals surface area (Å²) in [6, 6.07) is 19.6. The Balaban J connectivity index is 1.78. The first-order valence-corrected chi connectivity index (χ1v) is 11.4. The number of amides is 1. The van der Waals surface area contributed by atoms with Crippen LogP contribution in [0.25, 0.3) is 27.6 Å². The van der Waals surface area contributed by atoms with Crippen LogP contribution in [-0.4, -0.2) is 27.1 Å². The Bertz CT molecular complexity index is 1780. The molecule has 1 amide bonds. The van der Waals surface area contributed by atoms with E-state index in [1.807, 2.05) is 13.0 Å². The van der Waals surface area contributed by atoms with Crippen LogP contribution in [0.3, 0.4) is 0 Å². The molecular weight excluding hydrogens is 470 g/mol. The molecule has 9 heteroatoms. The zero-order chi connectivity index (χ0) is 26.3. The number of nitrogens with two attached hydrogens (primary N) is 1. The second-order valence-electron chi connectivity index (χ2n) is 8.61. The van der Waals surface area contributed by atoms with E-state index in [0.717, 1.165) is 5.56 Å². The molecule has 5 aromatic rings. The molecule has 3 aromatic carbocycles. The summed E-state index contributed by atoms with van der Waals surface area (Å²) < 4.78 is 14.8. The van der Waals surface area contributed by atoms with Crippen molar-refractivity contribution in [2.75, 3.05) is 7.11 Å². The summed E-state index contributed by atoms with van der Waals surface area (Å²) in [5.41, 5.74) is 9.69. The molecule has 1 unspecified atom stereocenters. The number of carbonyl (C=O) groups excluding carboxylic acids is 1. The van der Waals surface area contributed by atoms with Gasteiger partial charge in [0, 0.05) is 24.1 Å². The standard InChI is InChI=1S/C28H23N5O4/c1-16-11-17(14-29)9-10-21(16)33-25-19-12-24(37-26(27(30)34)18-7-5-4-6-8-18)23(36-3)13-20(19)31-15-22(25)32(2)28(33)35/h4-13,15,26H,1-3H3,(H2,30,34). The highest BCUT2D eigenvalue weighted by atomic mass is 16.5. The lowest BCUT2D eigenvalue weighted by Gasteiger charge is -2.19. The minimum atomic E-state index is -1.06. The minimum Gasteiger partial charge on any atom is -0.493 e. The predicted molar refractivity (Wildman–Crippen MR) is 139 cm³/mol. The summed E-state index contributed by atoms with van der Waals surface area (Å²) in [5, 5.41) is 9.90. The third-order valence-corrected chi connectivity index (χ3v) is 6.34. The molecule has 0 aliphatic rings. The summed E-state index contributed by atoms with van der Waals surface area (Å²) in [6.45, 7) is 1.85. The number of nitrogens with zero attached hydrogens (tertiary/aromatic N) is 4. The number of nitriles is 1. The summed E-state index contributed by atoms with van der Waals surface area (Å²) >= 11 is 0. The van der Waals surface area contributed by atoms with Crippen molar-refractivity contribution in [2.45, 2.75) is 13.0 Å². The van der Waals surface area contributed by atoms with Gasteiger partial charge in [0.05, 0.1) is 47.2 Å². The second kappa shape index (κ2) is 9.17. The van der Waals surface area contributed by atoms with Crippen LogP contribution in [0.2, 0.25) is 0 Å². The van der Waals surface area contributed by atoms with E-state index in [9.17, 15) is 14.9 Å². The molecule has 0 saturated heterocycles. The Kier molecular flexibility index (Phi) is 5.85. The maximum Gasteiger partial charge on any atom is 0.333 e. The normalized spacial score (nSPS) is 11.8. The number of rotatable bonds is 6. The largest absolute Gasteiger partial charge is 0.493 e. The third kappa shape index (κ3) is 3.94. The van der Waals surface area contributed by atoms with Crippen LogP contribution < -0.4 is 20.9 Å². The Hall–Kier alpha value is -5.10. The van der Waals surface area contributed by atoms with Crippen molar-refractivity contribution < 1.29 is 14.3 Å². The first kappa shape index (κ1) is 23.6. The maximum absolute atomic E-state index is 13.4. The number of methoxy groups -OCH3 is 1. The van der Waals surface area contributed by atoms with Crippen molar-refractivity contribution in [1.29, 1.82) is 5.26 Å². The fourth-order valence-electron chi connectivity index (χ4n) is 4.50. The van der Waals surface area contributed by atoms with Crippen LogP contribution in [0.15, 0.2) is 71.7 Å². The molecule has 0 saturated carbocycles. The third-order valence-electron chi connectivity index (χ3n) is 6.34. The molecular formula is C28H23N5O4. The molecule has 0 fully saturated rings. The molecule has 9 nitrogen and oxygen atoms in total. The molecule has 0 aliphatic heterocycles. The first-order chi connectivity index (χ1) is 17.8. The van der Waals surface area contributed by atoms with Gasteiger partial charge in [0.25, 0.3) is 5.91 Å². The van der Waals surface area contributed by atoms with Crippen LogP contribution in [0.5, 0.6) is 11.5 Å². The predicted octanol–water partition coefficient (Wildman–Crippen LogP) is 3.67. The van der Waals surface area contributed by atoms with E-state index in [1.165, 1.54) is 11.7 Å². The van der Waals surface area contributed by atoms with Crippen LogP contribution in [0, 0.1) is 18.3 Å². The Morgan fingerprint density at radius 2 is 1.86 bits per heavy atom. The molecule has 2 aromatic heterocycles. The topological polar surface area (TPSA) is 125 Å². The zero-order valence-corrected chi connectivity index (χ0v) is 20.4. The van der Waals surface area contributed by atoms with Crippen molar-refractivity contribution in [3.05, 3.63) is 94.0 Å². The first-order valence-electron chi connectivity index (χ1n) is 11.4. The van der Waals surface area contributed by atoms with Gasteiger partial charge in [-0.15, -0.1) is 0 Å². The highest BCUT2D eigenvalue weighted by Crippen LogP contribution is 2.37. The molecule has 2 N–H and O–H groups in total. The number of carbonyl (C=O) groups is 1. The van der Waals surface area contributed by atoms with E-state index >= 15 is 0 Å². The van der Waals surface area contributed by atoms with Crippen LogP contribution in [-0.2, 0) is 11.8 Å². The average molecular weight is 494 g/mol. The molecule has 5 rings (SSSR count). The van der Waals surface area contributed by atoms with Crippen LogP contribution >= 0.6 is 0 Å². The number of hydrogen-bond donors (Lipinski definition) is 1. The van der Waals surface area contributed by atoms with Gasteiger partial charge in [-0.1, -0.05) is 30.3 Å². The van der Waals surface area contributed by atoms with Gasteiger partial charge in [-0.2, -0.15) is 5.26 Å². The molecule has 0 bridgehead atoms. The monoisotopic (exact) mass is 493 g/mol. The van der Waals surface area contributed by atoms with E-state index in [1.54, 1.807) is 72.4 Å². The van der Waals surface area contributed by atoms with E-state index < -0.39 is 12.0 Å². The van der Waals surface area contributed by atoms with Crippen molar-refractivity contribution in [3.8, 4) is 23.3 Å². The van der Waals surface area contributed by atoms with Crippen molar-refractivity contribution in [3.63, 3.8) is 0 Å². The van der Waals surface area contributed by atoms with E-state index in [2.05, 4.69) is 11.1 Å². The summed E-state index contributed by atoms with van der Waals surface area (Å²) in [7, 11) is 3.17. The number of benzene rings is 3. The molecule has 1 atom stereocenters. The van der Waals surface area contributed by atoms with Gasteiger partial charge in [-0.3, -0.25) is 18.9 Å². The Morgan fingerprint density at radius 1 is 1.11 bits per heavy atom. The van der Waals surface area contributed by atoms with Gasteiger partial charge in [-0.05, 0) is 36.8 Å². The summed E-state index contributed by atoms with van der Waals surface area (Å²) in [6.07, 6.45) is 0.573. The summed E-state index contributed by atoms with van der Waals surface area (Å²) in [5.74, 6) is -0.0215. The SMILES string of the molecule is COc1cc2ncc3c(c2cc1OC(C(N)=O)c1ccccc1)n(-c1ccc(C#N)cc1C)c(=O)n3C. The van der Waals surface area contributed by atoms with E-state index in [0.29, 0.717) is 44.5 Å². The lowest BCUT2D eigenvalue weighted by molar-refractivity contribution is -0.125. The number of imidazole rings is 1. The zero-order valence-electron chi connectivity index (χ0n) is 20.4. The number of ether oxygens (including phenoxy) is 2. The van der Waals surface area contributed by atoms with Gasteiger partial charge in [0.15, 0.2) is 11.5 Å². The van der Waals surface area contributed by atoms with Gasteiger partial charge >= 0.3 is 5.69 Å². The smallest absolute Gasteiger partial charge is 0.333 e. The molecule has 0 aliphatic carbocycles. The van der Waals surface area contributed by atoms with Gasteiger partial charge in [0.1, 0.15) is 0 Å². The van der Waals surface area contributed by atoms with Crippen molar-refractivity contribution in [1.82, 2.24) is 14.1 Å². The fraction of sp³-hybridized carbons (Fsp3) is 0.143. The Labute approximate surface area is 211 Å². The molecule has 184 valence electrons. The van der Waals surface area contributed by atoms with Gasteiger partial charge in [-0.25, -0.2) is 4.79 Å². The number of fused-ring (bicyclic) bond motifs is 3. The van der Waals surface area contributed by atoms with Crippen LogP contribution in [0.1, 0.15) is 22.8 Å². The lowest BCUT2D eigenvalue weighted by atomic mass is 10.1. The van der Waals surface area contributed by atoms with Gasteiger partial charge < -0.3 is 15.2 Å². The number of pyridine rings is 1. The highest BCUT2D eigenvalue weighted by molar-refractivity contribution is 6.04. The molecule has 0 spiro atoms. The molecule has 0 radical (unpaired) electrons. The summed E-state index contributed by atoms with van der Waals surface area (Å²) in [4.78, 5) is 30.3. The number of primary amides is 1. The molecule has 2 heterocycles. The van der Waals surface area contributed by atoms with E-state index in [4.69, 9.17) is 15.2 Å². The average Bonchev–Trinajstić information content (AvgIpc) is 3.16. The van der Waals surface area contributed by atoms with Crippen molar-refractivity contribution in [2.24, 2.45) is 12.8 Å². The van der Waals surface area contributed by atoms with Crippen molar-refractivity contribution >= 4 is 27.8 Å². The number of aryl methyl sites for hydroxylation is 2. The van der Waals surface area contributed by atoms with Gasteiger partial charge in [0.2, 0.25) is 6.10 Å². The van der Waals surface area contributed by atoms with Crippen LogP contribution in [0.4, 0.5) is 0 Å². The number of hydrogen-bond acceptors (Lipinski definition) is 6. The van der Waals surface area contributed by atoms with E-state index in [-0.39, 0.29) is 11.4 Å².